The number of carbonyl (C=O) groups is 1. The Kier molecular flexibility index (Phi) is 7.28. The van der Waals surface area contributed by atoms with E-state index in [2.05, 4.69) is 4.90 Å². The van der Waals surface area contributed by atoms with Crippen molar-refractivity contribution in [2.24, 2.45) is 0 Å². The lowest BCUT2D eigenvalue weighted by Gasteiger charge is -2.27. The van der Waals surface area contributed by atoms with Gasteiger partial charge in [0, 0.05) is 42.5 Å². The third kappa shape index (κ3) is 5.11. The Hall–Kier alpha value is -3.55. The summed E-state index contributed by atoms with van der Waals surface area (Å²) in [6, 6.07) is 7.63. The maximum absolute atomic E-state index is 15.0. The van der Waals surface area contributed by atoms with Gasteiger partial charge in [0.1, 0.15) is 17.2 Å². The SMILES string of the molecule is Cc1c(N2CCCCCC2)c(F)cc2c(=O)c(C(=O)O)cn(C3CC3)c12.N=Cc1ccccc1F. The number of hydrogen-bond donors (Lipinski definition) is 2. The number of carboxylic acid groups (broad SMARTS) is 1. The number of pyridine rings is 1. The summed E-state index contributed by atoms with van der Waals surface area (Å²) in [6.07, 6.45) is 8.71. The first kappa shape index (κ1) is 24.6. The summed E-state index contributed by atoms with van der Waals surface area (Å²) in [4.78, 5) is 26.2. The van der Waals surface area contributed by atoms with Gasteiger partial charge in [0.05, 0.1) is 11.2 Å². The highest BCUT2D eigenvalue weighted by molar-refractivity contribution is 5.95. The molecule has 3 aromatic rings. The summed E-state index contributed by atoms with van der Waals surface area (Å²) in [6.45, 7) is 3.47. The van der Waals surface area contributed by atoms with E-state index in [-0.39, 0.29) is 22.8 Å². The van der Waals surface area contributed by atoms with Crippen LogP contribution in [-0.2, 0) is 0 Å². The van der Waals surface area contributed by atoms with E-state index in [1.54, 1.807) is 18.2 Å². The second kappa shape index (κ2) is 10.4. The minimum absolute atomic E-state index is 0.172. The lowest BCUT2D eigenvalue weighted by atomic mass is 10.0. The van der Waals surface area contributed by atoms with Crippen LogP contribution in [0.4, 0.5) is 14.5 Å². The van der Waals surface area contributed by atoms with Gasteiger partial charge in [-0.2, -0.15) is 0 Å². The zero-order valence-corrected chi connectivity index (χ0v) is 19.7. The number of hydrogen-bond acceptors (Lipinski definition) is 4. The molecule has 0 amide bonds. The Bertz CT molecular complexity index is 1320. The van der Waals surface area contributed by atoms with Crippen molar-refractivity contribution in [2.75, 3.05) is 18.0 Å². The number of anilines is 1. The van der Waals surface area contributed by atoms with Crippen molar-refractivity contribution >= 4 is 28.8 Å². The number of fused-ring (bicyclic) bond motifs is 1. The summed E-state index contributed by atoms with van der Waals surface area (Å²) in [5.74, 6) is -2.03. The van der Waals surface area contributed by atoms with Crippen LogP contribution in [0.1, 0.15) is 66.1 Å². The second-order valence-electron chi connectivity index (χ2n) is 9.11. The number of halogens is 2. The lowest BCUT2D eigenvalue weighted by molar-refractivity contribution is 0.0695. The first-order chi connectivity index (χ1) is 16.8. The van der Waals surface area contributed by atoms with Gasteiger partial charge in [-0.15, -0.1) is 0 Å². The van der Waals surface area contributed by atoms with Gasteiger partial charge in [-0.3, -0.25) is 4.79 Å². The van der Waals surface area contributed by atoms with Gasteiger partial charge in [0.25, 0.3) is 0 Å². The molecule has 35 heavy (non-hydrogen) atoms. The number of benzene rings is 2. The third-order valence-electron chi connectivity index (χ3n) is 6.63. The third-order valence-corrected chi connectivity index (χ3v) is 6.63. The van der Waals surface area contributed by atoms with Gasteiger partial charge in [0.15, 0.2) is 0 Å². The van der Waals surface area contributed by atoms with E-state index in [1.807, 2.05) is 11.5 Å². The van der Waals surface area contributed by atoms with E-state index in [1.165, 1.54) is 18.3 Å². The lowest BCUT2D eigenvalue weighted by Crippen LogP contribution is -2.27. The molecule has 1 aliphatic heterocycles. The van der Waals surface area contributed by atoms with Crippen LogP contribution in [-0.4, -0.2) is 34.9 Å². The molecular formula is C27H29F2N3O3. The molecule has 1 saturated carbocycles. The van der Waals surface area contributed by atoms with Gasteiger partial charge >= 0.3 is 5.97 Å². The summed E-state index contributed by atoms with van der Waals surface area (Å²) >= 11 is 0. The number of carboxylic acids is 1. The minimum atomic E-state index is -1.26. The average Bonchev–Trinajstić information content (AvgIpc) is 3.68. The molecule has 184 valence electrons. The van der Waals surface area contributed by atoms with Crippen LogP contribution in [0.25, 0.3) is 10.9 Å². The fourth-order valence-electron chi connectivity index (χ4n) is 4.74. The number of rotatable bonds is 4. The average molecular weight is 482 g/mol. The first-order valence-corrected chi connectivity index (χ1v) is 11.9. The molecule has 0 radical (unpaired) electrons. The van der Waals surface area contributed by atoms with Crippen LogP contribution >= 0.6 is 0 Å². The van der Waals surface area contributed by atoms with Crippen LogP contribution in [0.2, 0.25) is 0 Å². The Morgan fingerprint density at radius 3 is 2.29 bits per heavy atom. The molecule has 2 fully saturated rings. The Labute approximate surface area is 202 Å². The van der Waals surface area contributed by atoms with Crippen LogP contribution in [0, 0.1) is 24.0 Å². The van der Waals surface area contributed by atoms with Gasteiger partial charge < -0.3 is 20.0 Å². The molecule has 5 rings (SSSR count). The monoisotopic (exact) mass is 481 g/mol. The molecule has 0 unspecified atom stereocenters. The number of aryl methyl sites for hydroxylation is 1. The molecule has 1 aromatic heterocycles. The maximum atomic E-state index is 15.0. The fourth-order valence-corrected chi connectivity index (χ4v) is 4.74. The molecule has 6 nitrogen and oxygen atoms in total. The van der Waals surface area contributed by atoms with Crippen molar-refractivity contribution in [2.45, 2.75) is 51.5 Å². The standard InChI is InChI=1S/C20H23FN2O3.C7H6FN/c1-12-17-14(10-16(21)18(12)22-8-4-2-3-5-9-22)19(24)15(20(25)26)11-23(17)13-6-7-13;8-7-4-2-1-3-6(7)5-9/h10-11,13H,2-9H2,1H3,(H,25,26);1-5,9H. The fraction of sp³-hybridized carbons (Fsp3) is 0.370. The highest BCUT2D eigenvalue weighted by Gasteiger charge is 2.29. The normalized spacial score (nSPS) is 15.8. The minimum Gasteiger partial charge on any atom is -0.477 e. The van der Waals surface area contributed by atoms with E-state index >= 15 is 4.39 Å². The van der Waals surface area contributed by atoms with Crippen molar-refractivity contribution < 1.29 is 18.7 Å². The number of aromatic nitrogens is 1. The zero-order valence-electron chi connectivity index (χ0n) is 19.7. The van der Waals surface area contributed by atoms with Crippen molar-refractivity contribution in [3.05, 3.63) is 75.1 Å². The molecule has 2 aromatic carbocycles. The van der Waals surface area contributed by atoms with Gasteiger partial charge in [-0.1, -0.05) is 31.0 Å². The molecular weight excluding hydrogens is 452 g/mol. The molecule has 1 aliphatic carbocycles. The molecule has 0 spiro atoms. The summed E-state index contributed by atoms with van der Waals surface area (Å²) in [5.41, 5.74) is 1.43. The van der Waals surface area contributed by atoms with Gasteiger partial charge in [0.2, 0.25) is 5.43 Å². The summed E-state index contributed by atoms with van der Waals surface area (Å²) in [5, 5.41) is 16.3. The van der Waals surface area contributed by atoms with Gasteiger partial charge in [-0.05, 0) is 50.3 Å². The highest BCUT2D eigenvalue weighted by Crippen LogP contribution is 2.40. The molecule has 2 aliphatic rings. The Morgan fingerprint density at radius 2 is 1.74 bits per heavy atom. The van der Waals surface area contributed by atoms with Crippen molar-refractivity contribution in [3.8, 4) is 0 Å². The smallest absolute Gasteiger partial charge is 0.341 e. The number of nitrogens with zero attached hydrogens (tertiary/aromatic N) is 2. The molecule has 2 N–H and O–H groups in total. The van der Waals surface area contributed by atoms with Crippen molar-refractivity contribution in [3.63, 3.8) is 0 Å². The van der Waals surface area contributed by atoms with Crippen LogP contribution in [0.15, 0.2) is 41.3 Å². The quantitative estimate of drug-likeness (QED) is 0.469. The number of aromatic carboxylic acids is 1. The summed E-state index contributed by atoms with van der Waals surface area (Å²) < 4.78 is 29.3. The molecule has 8 heteroatoms. The zero-order chi connectivity index (χ0) is 25.1. The maximum Gasteiger partial charge on any atom is 0.341 e. The van der Waals surface area contributed by atoms with E-state index in [0.29, 0.717) is 16.8 Å². The van der Waals surface area contributed by atoms with Crippen molar-refractivity contribution in [1.82, 2.24) is 4.57 Å². The largest absolute Gasteiger partial charge is 0.477 e. The molecule has 0 atom stereocenters. The van der Waals surface area contributed by atoms with Crippen LogP contribution in [0.5, 0.6) is 0 Å². The first-order valence-electron chi connectivity index (χ1n) is 11.9. The van der Waals surface area contributed by atoms with Crippen molar-refractivity contribution in [1.29, 1.82) is 5.41 Å². The summed E-state index contributed by atoms with van der Waals surface area (Å²) in [7, 11) is 0. The number of nitrogens with one attached hydrogen (secondary N) is 1. The molecule has 2 heterocycles. The van der Waals surface area contributed by atoms with Crippen LogP contribution < -0.4 is 10.3 Å². The highest BCUT2D eigenvalue weighted by atomic mass is 19.1. The molecule has 0 bridgehead atoms. The van der Waals surface area contributed by atoms with E-state index in [4.69, 9.17) is 5.41 Å². The Balaban J connectivity index is 0.000000271. The predicted molar refractivity (Wildman–Crippen MR) is 133 cm³/mol. The van der Waals surface area contributed by atoms with E-state index in [9.17, 15) is 19.1 Å². The second-order valence-corrected chi connectivity index (χ2v) is 9.11. The van der Waals surface area contributed by atoms with Crippen LogP contribution in [0.3, 0.4) is 0 Å². The van der Waals surface area contributed by atoms with E-state index in [0.717, 1.165) is 63.4 Å². The predicted octanol–water partition coefficient (Wildman–Crippen LogP) is 5.69. The van der Waals surface area contributed by atoms with Gasteiger partial charge in [-0.25, -0.2) is 13.6 Å². The van der Waals surface area contributed by atoms with E-state index < -0.39 is 17.2 Å². The topological polar surface area (TPSA) is 86.4 Å². The Morgan fingerprint density at radius 1 is 1.09 bits per heavy atom. The molecule has 1 saturated heterocycles.